The maximum Gasteiger partial charge on any atom is 0.205 e. The van der Waals surface area contributed by atoms with Crippen LogP contribution >= 0.6 is 11.5 Å². The summed E-state index contributed by atoms with van der Waals surface area (Å²) in [5, 5.41) is 4.51. The lowest BCUT2D eigenvalue weighted by molar-refractivity contribution is 0.135. The van der Waals surface area contributed by atoms with E-state index in [1.807, 2.05) is 13.1 Å². The number of anilines is 1. The summed E-state index contributed by atoms with van der Waals surface area (Å²) in [5.41, 5.74) is 1.32. The maximum absolute atomic E-state index is 5.76. The van der Waals surface area contributed by atoms with Crippen molar-refractivity contribution >= 4 is 22.6 Å². The quantitative estimate of drug-likeness (QED) is 0.385. The topological polar surface area (TPSA) is 65.9 Å². The maximum atomic E-state index is 5.76. The zero-order valence-electron chi connectivity index (χ0n) is 17.5. The SMILES string of the molecule is CCc1nsc(N2CCN(C(=NC)NCCCOCCc3ccccc3)CC2)n1. The third-order valence-electron chi connectivity index (χ3n) is 4.96. The molecule has 7 nitrogen and oxygen atoms in total. The Bertz CT molecular complexity index is 743. The van der Waals surface area contributed by atoms with E-state index in [9.17, 15) is 0 Å². The molecule has 1 N–H and O–H groups in total. The Balaban J connectivity index is 1.29. The number of nitrogens with zero attached hydrogens (tertiary/aromatic N) is 5. The normalized spacial score (nSPS) is 15.0. The van der Waals surface area contributed by atoms with Gasteiger partial charge >= 0.3 is 0 Å². The molecule has 0 amide bonds. The monoisotopic (exact) mass is 416 g/mol. The number of rotatable bonds is 9. The van der Waals surface area contributed by atoms with Crippen LogP contribution in [0.1, 0.15) is 24.7 Å². The highest BCUT2D eigenvalue weighted by Crippen LogP contribution is 2.19. The Hall–Kier alpha value is -2.19. The average molecular weight is 417 g/mol. The Kier molecular flexibility index (Phi) is 8.70. The van der Waals surface area contributed by atoms with Crippen molar-refractivity contribution in [1.82, 2.24) is 19.6 Å². The lowest BCUT2D eigenvalue weighted by Gasteiger charge is -2.36. The minimum absolute atomic E-state index is 0.765. The number of benzene rings is 1. The number of aromatic nitrogens is 2. The summed E-state index contributed by atoms with van der Waals surface area (Å²) in [6.45, 7) is 8.27. The molecular weight excluding hydrogens is 384 g/mol. The van der Waals surface area contributed by atoms with Crippen LogP contribution in [0.25, 0.3) is 0 Å². The van der Waals surface area contributed by atoms with Gasteiger partial charge in [-0.3, -0.25) is 4.99 Å². The average Bonchev–Trinajstić information content (AvgIpc) is 3.26. The van der Waals surface area contributed by atoms with Crippen molar-refractivity contribution in [2.24, 2.45) is 4.99 Å². The molecule has 0 atom stereocenters. The van der Waals surface area contributed by atoms with Crippen molar-refractivity contribution in [3.63, 3.8) is 0 Å². The third-order valence-corrected chi connectivity index (χ3v) is 5.78. The van der Waals surface area contributed by atoms with Gasteiger partial charge in [0.15, 0.2) is 5.96 Å². The van der Waals surface area contributed by atoms with E-state index in [-0.39, 0.29) is 0 Å². The predicted octanol–water partition coefficient (Wildman–Crippen LogP) is 2.45. The van der Waals surface area contributed by atoms with Gasteiger partial charge in [0.25, 0.3) is 0 Å². The number of piperazine rings is 1. The number of ether oxygens (including phenoxy) is 1. The van der Waals surface area contributed by atoms with E-state index in [1.54, 1.807) is 0 Å². The van der Waals surface area contributed by atoms with E-state index in [1.165, 1.54) is 17.1 Å². The number of aliphatic imine (C=N–C) groups is 1. The Morgan fingerprint density at radius 3 is 2.66 bits per heavy atom. The van der Waals surface area contributed by atoms with Crippen molar-refractivity contribution in [3.8, 4) is 0 Å². The van der Waals surface area contributed by atoms with Gasteiger partial charge in [-0.25, -0.2) is 4.98 Å². The molecule has 1 aliphatic heterocycles. The third kappa shape index (κ3) is 6.68. The molecule has 2 aromatic rings. The Labute approximate surface area is 178 Å². The minimum atomic E-state index is 0.765. The largest absolute Gasteiger partial charge is 0.381 e. The Morgan fingerprint density at radius 2 is 1.97 bits per heavy atom. The summed E-state index contributed by atoms with van der Waals surface area (Å²) in [6, 6.07) is 10.5. The van der Waals surface area contributed by atoms with Gasteiger partial charge < -0.3 is 19.9 Å². The number of nitrogens with one attached hydrogen (secondary N) is 1. The van der Waals surface area contributed by atoms with Crippen LogP contribution in [0.5, 0.6) is 0 Å². The van der Waals surface area contributed by atoms with Crippen LogP contribution in [0.15, 0.2) is 35.3 Å². The second-order valence-electron chi connectivity index (χ2n) is 7.00. The standard InChI is InChI=1S/C21H32N6OS/c1-3-19-24-21(29-25-19)27-14-12-26(13-15-27)20(22-2)23-11-7-16-28-17-10-18-8-5-4-6-9-18/h4-6,8-9H,3,7,10-17H2,1-2H3,(H,22,23). The molecular formula is C21H32N6OS. The molecule has 1 saturated heterocycles. The molecule has 1 aliphatic rings. The van der Waals surface area contributed by atoms with Gasteiger partial charge in [-0.05, 0) is 18.4 Å². The molecule has 29 heavy (non-hydrogen) atoms. The van der Waals surface area contributed by atoms with Crippen molar-refractivity contribution in [2.75, 3.05) is 57.9 Å². The van der Waals surface area contributed by atoms with Gasteiger partial charge in [0.2, 0.25) is 5.13 Å². The molecule has 3 rings (SSSR count). The summed E-state index contributed by atoms with van der Waals surface area (Å²) >= 11 is 1.50. The first kappa shape index (κ1) is 21.5. The van der Waals surface area contributed by atoms with E-state index in [4.69, 9.17) is 4.74 Å². The van der Waals surface area contributed by atoms with Crippen LogP contribution < -0.4 is 10.2 Å². The van der Waals surface area contributed by atoms with Gasteiger partial charge in [0.05, 0.1) is 6.61 Å². The molecule has 0 aliphatic carbocycles. The van der Waals surface area contributed by atoms with Gasteiger partial charge in [0.1, 0.15) is 5.82 Å². The van der Waals surface area contributed by atoms with Crippen molar-refractivity contribution in [3.05, 3.63) is 41.7 Å². The molecule has 8 heteroatoms. The number of guanidine groups is 1. The molecule has 0 radical (unpaired) electrons. The number of hydrogen-bond donors (Lipinski definition) is 1. The van der Waals surface area contributed by atoms with Crippen LogP contribution in [0.2, 0.25) is 0 Å². The Morgan fingerprint density at radius 1 is 1.17 bits per heavy atom. The van der Waals surface area contributed by atoms with Gasteiger partial charge in [-0.1, -0.05) is 37.3 Å². The highest BCUT2D eigenvalue weighted by atomic mass is 32.1. The van der Waals surface area contributed by atoms with Gasteiger partial charge in [-0.2, -0.15) is 4.37 Å². The summed E-state index contributed by atoms with van der Waals surface area (Å²) in [7, 11) is 1.85. The molecule has 1 fully saturated rings. The second-order valence-corrected chi connectivity index (χ2v) is 7.73. The fourth-order valence-electron chi connectivity index (χ4n) is 3.27. The summed E-state index contributed by atoms with van der Waals surface area (Å²) < 4.78 is 10.2. The number of hydrogen-bond acceptors (Lipinski definition) is 6. The predicted molar refractivity (Wildman–Crippen MR) is 120 cm³/mol. The molecule has 2 heterocycles. The fraction of sp³-hybridized carbons (Fsp3) is 0.571. The molecule has 0 saturated carbocycles. The van der Waals surface area contributed by atoms with E-state index in [0.717, 1.165) is 82.1 Å². The van der Waals surface area contributed by atoms with Crippen LogP contribution in [0, 0.1) is 0 Å². The summed E-state index contributed by atoms with van der Waals surface area (Å²) in [4.78, 5) is 13.7. The van der Waals surface area contributed by atoms with Gasteiger partial charge in [0, 0.05) is 64.3 Å². The van der Waals surface area contributed by atoms with E-state index >= 15 is 0 Å². The molecule has 0 spiro atoms. The molecule has 0 bridgehead atoms. The highest BCUT2D eigenvalue weighted by molar-refractivity contribution is 7.09. The zero-order chi connectivity index (χ0) is 20.3. The van der Waals surface area contributed by atoms with Crippen LogP contribution in [-0.4, -0.2) is 73.2 Å². The smallest absolute Gasteiger partial charge is 0.205 e. The lowest BCUT2D eigenvalue weighted by atomic mass is 10.2. The van der Waals surface area contributed by atoms with Crippen LogP contribution in [0.4, 0.5) is 5.13 Å². The van der Waals surface area contributed by atoms with E-state index < -0.39 is 0 Å². The molecule has 1 aromatic carbocycles. The van der Waals surface area contributed by atoms with Gasteiger partial charge in [-0.15, -0.1) is 0 Å². The van der Waals surface area contributed by atoms with Crippen molar-refractivity contribution in [1.29, 1.82) is 0 Å². The fourth-order valence-corrected chi connectivity index (χ4v) is 4.07. The first-order valence-corrected chi connectivity index (χ1v) is 11.2. The first-order chi connectivity index (χ1) is 14.3. The zero-order valence-corrected chi connectivity index (χ0v) is 18.3. The minimum Gasteiger partial charge on any atom is -0.381 e. The van der Waals surface area contributed by atoms with Crippen LogP contribution in [0.3, 0.4) is 0 Å². The van der Waals surface area contributed by atoms with Crippen LogP contribution in [-0.2, 0) is 17.6 Å². The van der Waals surface area contributed by atoms with Crippen molar-refractivity contribution in [2.45, 2.75) is 26.2 Å². The van der Waals surface area contributed by atoms with E-state index in [2.05, 4.69) is 60.7 Å². The lowest BCUT2D eigenvalue weighted by Crippen LogP contribution is -2.52. The molecule has 1 aromatic heterocycles. The van der Waals surface area contributed by atoms with E-state index in [0.29, 0.717) is 0 Å². The number of aryl methyl sites for hydroxylation is 1. The van der Waals surface area contributed by atoms with Crippen molar-refractivity contribution < 1.29 is 4.74 Å². The molecule has 158 valence electrons. The second kappa shape index (κ2) is 11.7. The first-order valence-electron chi connectivity index (χ1n) is 10.4. The summed E-state index contributed by atoms with van der Waals surface area (Å²) in [6.07, 6.45) is 2.83. The summed E-state index contributed by atoms with van der Waals surface area (Å²) in [5.74, 6) is 1.91. The highest BCUT2D eigenvalue weighted by Gasteiger charge is 2.21. The molecule has 0 unspecified atom stereocenters.